The number of carbonyl (C=O) groups excluding carboxylic acids is 2. The van der Waals surface area contributed by atoms with Gasteiger partial charge in [-0.3, -0.25) is 4.79 Å². The van der Waals surface area contributed by atoms with Gasteiger partial charge in [0.2, 0.25) is 0 Å². The van der Waals surface area contributed by atoms with Crippen molar-refractivity contribution in [2.45, 2.75) is 38.7 Å². The molecule has 2 aromatic rings. The molecule has 1 aliphatic carbocycles. The lowest BCUT2D eigenvalue weighted by atomic mass is 9.99. The molecule has 0 aliphatic heterocycles. The molecule has 0 saturated carbocycles. The number of benzene rings is 1. The van der Waals surface area contributed by atoms with Gasteiger partial charge in [-0.2, -0.15) is 0 Å². The molecule has 1 heterocycles. The Labute approximate surface area is 147 Å². The molecule has 0 radical (unpaired) electrons. The summed E-state index contributed by atoms with van der Waals surface area (Å²) in [6, 6.07) is 4.85. The largest absolute Gasteiger partial charge is 0.448 e. The lowest BCUT2D eigenvalue weighted by molar-refractivity contribution is -0.123. The fourth-order valence-corrected chi connectivity index (χ4v) is 3.82. The van der Waals surface area contributed by atoms with Gasteiger partial charge in [0.1, 0.15) is 4.88 Å². The number of carbonyl (C=O) groups is 2. The molecule has 1 aromatic carbocycles. The van der Waals surface area contributed by atoms with Crippen LogP contribution in [0.25, 0.3) is 0 Å². The van der Waals surface area contributed by atoms with Crippen LogP contribution in [-0.2, 0) is 22.4 Å². The number of hydrogen-bond donors (Lipinski definition) is 1. The van der Waals surface area contributed by atoms with E-state index in [9.17, 15) is 18.4 Å². The molecule has 4 nitrogen and oxygen atoms in total. The van der Waals surface area contributed by atoms with Gasteiger partial charge >= 0.3 is 5.97 Å². The monoisotopic (exact) mass is 365 g/mol. The van der Waals surface area contributed by atoms with E-state index in [0.29, 0.717) is 4.88 Å². The van der Waals surface area contributed by atoms with Crippen LogP contribution in [0.3, 0.4) is 0 Å². The third-order valence-electron chi connectivity index (χ3n) is 4.04. The summed E-state index contributed by atoms with van der Waals surface area (Å²) in [6.45, 7) is 1.43. The Balaban J connectivity index is 1.61. The van der Waals surface area contributed by atoms with E-state index in [1.165, 1.54) is 34.8 Å². The predicted octanol–water partition coefficient (Wildman–Crippen LogP) is 4.09. The number of rotatable bonds is 4. The smallest absolute Gasteiger partial charge is 0.349 e. The molecule has 0 saturated heterocycles. The van der Waals surface area contributed by atoms with Crippen molar-refractivity contribution in [2.24, 2.45) is 0 Å². The second-order valence-corrected chi connectivity index (χ2v) is 7.07. The first-order valence-corrected chi connectivity index (χ1v) is 8.84. The molecule has 0 spiro atoms. The molecule has 1 amide bonds. The number of esters is 1. The minimum absolute atomic E-state index is 0.0957. The second-order valence-electron chi connectivity index (χ2n) is 5.93. The van der Waals surface area contributed by atoms with Crippen molar-refractivity contribution in [3.05, 3.63) is 51.2 Å². The molecule has 1 N–H and O–H groups in total. The Morgan fingerprint density at radius 3 is 2.64 bits per heavy atom. The highest BCUT2D eigenvalue weighted by atomic mass is 32.1. The molecular formula is C18H17F2NO3S. The van der Waals surface area contributed by atoms with Gasteiger partial charge in [0.25, 0.3) is 5.91 Å². The van der Waals surface area contributed by atoms with Crippen LogP contribution in [0.1, 0.15) is 39.9 Å². The highest BCUT2D eigenvalue weighted by Crippen LogP contribution is 2.30. The third kappa shape index (κ3) is 4.04. The zero-order valence-electron chi connectivity index (χ0n) is 13.6. The number of hydrogen-bond acceptors (Lipinski definition) is 4. The molecule has 25 heavy (non-hydrogen) atoms. The van der Waals surface area contributed by atoms with Crippen LogP contribution >= 0.6 is 11.3 Å². The van der Waals surface area contributed by atoms with Gasteiger partial charge in [0.05, 0.1) is 0 Å². The van der Waals surface area contributed by atoms with Crippen LogP contribution in [0.5, 0.6) is 0 Å². The van der Waals surface area contributed by atoms with Crippen molar-refractivity contribution in [3.8, 4) is 0 Å². The highest BCUT2D eigenvalue weighted by molar-refractivity contribution is 7.14. The maximum atomic E-state index is 13.2. The highest BCUT2D eigenvalue weighted by Gasteiger charge is 2.23. The fraction of sp³-hybridized carbons (Fsp3) is 0.333. The van der Waals surface area contributed by atoms with Gasteiger partial charge in [-0.05, 0) is 56.4 Å². The van der Waals surface area contributed by atoms with Crippen molar-refractivity contribution < 1.29 is 23.1 Å². The summed E-state index contributed by atoms with van der Waals surface area (Å²) in [4.78, 5) is 26.0. The number of aryl methyl sites for hydroxylation is 2. The average molecular weight is 365 g/mol. The topological polar surface area (TPSA) is 55.4 Å². The molecule has 0 fully saturated rings. The summed E-state index contributed by atoms with van der Waals surface area (Å²) in [6.07, 6.45) is 3.12. The van der Waals surface area contributed by atoms with E-state index >= 15 is 0 Å². The first-order valence-electron chi connectivity index (χ1n) is 8.02. The number of ether oxygens (including phenoxy) is 1. The molecule has 0 unspecified atom stereocenters. The first-order chi connectivity index (χ1) is 11.9. The number of anilines is 1. The van der Waals surface area contributed by atoms with E-state index in [1.54, 1.807) is 0 Å². The Kier molecular flexibility index (Phi) is 5.13. The number of nitrogens with one attached hydrogen (secondary N) is 1. The fourth-order valence-electron chi connectivity index (χ4n) is 2.68. The summed E-state index contributed by atoms with van der Waals surface area (Å²) in [7, 11) is 0. The zero-order chi connectivity index (χ0) is 18.0. The van der Waals surface area contributed by atoms with Crippen LogP contribution in [0.4, 0.5) is 14.5 Å². The van der Waals surface area contributed by atoms with E-state index in [2.05, 4.69) is 5.32 Å². The molecule has 3 rings (SSSR count). The van der Waals surface area contributed by atoms with Crippen LogP contribution in [0.2, 0.25) is 0 Å². The predicted molar refractivity (Wildman–Crippen MR) is 90.8 cm³/mol. The van der Waals surface area contributed by atoms with Crippen molar-refractivity contribution in [2.75, 3.05) is 5.32 Å². The number of amides is 1. The quantitative estimate of drug-likeness (QED) is 0.831. The van der Waals surface area contributed by atoms with E-state index < -0.39 is 29.6 Å². The van der Waals surface area contributed by atoms with Crippen molar-refractivity contribution >= 4 is 28.9 Å². The van der Waals surface area contributed by atoms with E-state index in [4.69, 9.17) is 4.74 Å². The zero-order valence-corrected chi connectivity index (χ0v) is 14.4. The van der Waals surface area contributed by atoms with Crippen molar-refractivity contribution in [1.29, 1.82) is 0 Å². The Morgan fingerprint density at radius 1 is 1.16 bits per heavy atom. The van der Waals surface area contributed by atoms with E-state index in [-0.39, 0.29) is 5.69 Å². The molecule has 0 bridgehead atoms. The van der Waals surface area contributed by atoms with Crippen LogP contribution in [0.15, 0.2) is 24.3 Å². The van der Waals surface area contributed by atoms with Gasteiger partial charge in [-0.25, -0.2) is 13.6 Å². The summed E-state index contributed by atoms with van der Waals surface area (Å²) in [5.74, 6) is -3.22. The number of fused-ring (bicyclic) bond motifs is 1. The van der Waals surface area contributed by atoms with E-state index in [0.717, 1.165) is 37.8 Å². The molecule has 132 valence electrons. The SMILES string of the molecule is C[C@@H](OC(=O)c1cc2c(s1)CCCC2)C(=O)Nc1ccc(F)c(F)c1. The van der Waals surface area contributed by atoms with Crippen LogP contribution in [-0.4, -0.2) is 18.0 Å². The van der Waals surface area contributed by atoms with Crippen molar-refractivity contribution in [1.82, 2.24) is 0 Å². The normalized spacial score (nSPS) is 14.5. The Morgan fingerprint density at radius 2 is 1.92 bits per heavy atom. The summed E-state index contributed by atoms with van der Waals surface area (Å²) >= 11 is 1.41. The maximum absolute atomic E-state index is 13.2. The minimum atomic E-state index is -1.06. The molecule has 1 atom stereocenters. The van der Waals surface area contributed by atoms with Crippen LogP contribution in [0, 0.1) is 11.6 Å². The Bertz CT molecular complexity index is 795. The lowest BCUT2D eigenvalue weighted by Crippen LogP contribution is -2.29. The van der Waals surface area contributed by atoms with Gasteiger partial charge < -0.3 is 10.1 Å². The van der Waals surface area contributed by atoms with Gasteiger partial charge in [-0.1, -0.05) is 0 Å². The maximum Gasteiger partial charge on any atom is 0.349 e. The third-order valence-corrected chi connectivity index (χ3v) is 5.26. The molecular weight excluding hydrogens is 348 g/mol. The molecule has 7 heteroatoms. The average Bonchev–Trinajstić information content (AvgIpc) is 3.02. The van der Waals surface area contributed by atoms with Gasteiger partial charge in [0, 0.05) is 16.6 Å². The van der Waals surface area contributed by atoms with Gasteiger partial charge in [0.15, 0.2) is 17.7 Å². The first kappa shape index (κ1) is 17.5. The van der Waals surface area contributed by atoms with Crippen LogP contribution < -0.4 is 5.32 Å². The standard InChI is InChI=1S/C18H17F2NO3S/c1-10(17(22)21-12-6-7-13(19)14(20)9-12)24-18(23)16-8-11-4-2-3-5-15(11)25-16/h6-10H,2-5H2,1H3,(H,21,22)/t10-/m1/s1. The van der Waals surface area contributed by atoms with E-state index in [1.807, 2.05) is 6.07 Å². The van der Waals surface area contributed by atoms with Crippen molar-refractivity contribution in [3.63, 3.8) is 0 Å². The van der Waals surface area contributed by atoms with Gasteiger partial charge in [-0.15, -0.1) is 11.3 Å². The minimum Gasteiger partial charge on any atom is -0.448 e. The summed E-state index contributed by atoms with van der Waals surface area (Å²) in [5.41, 5.74) is 1.28. The molecule has 1 aromatic heterocycles. The number of halogens is 2. The lowest BCUT2D eigenvalue weighted by Gasteiger charge is -2.13. The summed E-state index contributed by atoms with van der Waals surface area (Å²) in [5, 5.41) is 2.40. The number of thiophene rings is 1. The second kappa shape index (κ2) is 7.31. The Hall–Kier alpha value is -2.28. The summed E-state index contributed by atoms with van der Waals surface area (Å²) < 4.78 is 31.3. The molecule has 1 aliphatic rings.